The molecule has 0 radical (unpaired) electrons. The molecular formula is C17H13F6N3O2. The third-order valence-electron chi connectivity index (χ3n) is 4.28. The van der Waals surface area contributed by atoms with Crippen molar-refractivity contribution in [3.8, 4) is 0 Å². The maximum absolute atomic E-state index is 13.1. The van der Waals surface area contributed by atoms with Crippen molar-refractivity contribution in [1.82, 2.24) is 14.9 Å². The van der Waals surface area contributed by atoms with Crippen LogP contribution in [-0.4, -0.2) is 27.0 Å². The summed E-state index contributed by atoms with van der Waals surface area (Å²) < 4.78 is 83.4. The molecule has 3 rings (SSSR count). The molecule has 2 aromatic rings. The molecule has 5 nitrogen and oxygen atoms in total. The van der Waals surface area contributed by atoms with E-state index in [9.17, 15) is 31.1 Å². The summed E-state index contributed by atoms with van der Waals surface area (Å²) in [5.41, 5.74) is -2.92. The molecule has 11 heteroatoms. The number of carbonyl (C=O) groups excluding carboxylic acids is 1. The van der Waals surface area contributed by atoms with Gasteiger partial charge in [-0.2, -0.15) is 26.3 Å². The lowest BCUT2D eigenvalue weighted by molar-refractivity contribution is -0.143. The summed E-state index contributed by atoms with van der Waals surface area (Å²) in [5, 5.41) is 0. The van der Waals surface area contributed by atoms with Crippen LogP contribution in [0.25, 0.3) is 0 Å². The molecular weight excluding hydrogens is 392 g/mol. The Morgan fingerprint density at radius 1 is 1.04 bits per heavy atom. The number of benzene rings is 1. The van der Waals surface area contributed by atoms with E-state index in [0.717, 1.165) is 0 Å². The maximum atomic E-state index is 13.1. The van der Waals surface area contributed by atoms with Gasteiger partial charge in [-0.05, 0) is 30.7 Å². The van der Waals surface area contributed by atoms with Crippen LogP contribution >= 0.6 is 0 Å². The minimum Gasteiger partial charge on any atom is -0.439 e. The first-order valence-corrected chi connectivity index (χ1v) is 7.98. The smallest absolute Gasteiger partial charge is 0.416 e. The Kier molecular flexibility index (Phi) is 4.94. The van der Waals surface area contributed by atoms with Gasteiger partial charge in [0, 0.05) is 12.4 Å². The Balaban J connectivity index is 1.95. The van der Waals surface area contributed by atoms with Gasteiger partial charge in [-0.1, -0.05) is 0 Å². The van der Waals surface area contributed by atoms with Gasteiger partial charge < -0.3 is 4.74 Å². The minimum atomic E-state index is -4.98. The zero-order valence-corrected chi connectivity index (χ0v) is 14.3. The zero-order chi connectivity index (χ0) is 20.7. The van der Waals surface area contributed by atoms with Gasteiger partial charge in [0.15, 0.2) is 0 Å². The van der Waals surface area contributed by atoms with E-state index in [2.05, 4.69) is 9.97 Å². The quantitative estimate of drug-likeness (QED) is 0.701. The average Bonchev–Trinajstić information content (AvgIpc) is 2.89. The molecule has 0 aliphatic carbocycles. The van der Waals surface area contributed by atoms with Crippen LogP contribution in [0.1, 0.15) is 35.4 Å². The average molecular weight is 405 g/mol. The van der Waals surface area contributed by atoms with Crippen LogP contribution < -0.4 is 0 Å². The molecule has 1 fully saturated rings. The lowest BCUT2D eigenvalue weighted by Gasteiger charge is -2.22. The number of hydrogen-bond acceptors (Lipinski definition) is 4. The standard InChI is InChI=1S/C17H13F6N3O2/c1-9-14(28-15(27)26(9)8-13-7-24-2-3-25-13)10-4-11(16(18,19)20)6-12(5-10)17(21,22)23/h2-7,9,14H,8H2,1H3/t9-,14-/m0/s1. The summed E-state index contributed by atoms with van der Waals surface area (Å²) in [5.74, 6) is 0. The lowest BCUT2D eigenvalue weighted by atomic mass is 9.97. The topological polar surface area (TPSA) is 55.3 Å². The Labute approximate surface area is 155 Å². The predicted octanol–water partition coefficient (Wildman–Crippen LogP) is 4.60. The van der Waals surface area contributed by atoms with Crippen molar-refractivity contribution < 1.29 is 35.9 Å². The molecule has 0 spiro atoms. The van der Waals surface area contributed by atoms with E-state index in [1.165, 1.54) is 30.4 Å². The van der Waals surface area contributed by atoms with Crippen LogP contribution in [0.2, 0.25) is 0 Å². The number of ether oxygens (including phenoxy) is 1. The van der Waals surface area contributed by atoms with E-state index in [4.69, 9.17) is 4.74 Å². The number of carbonyl (C=O) groups is 1. The second-order valence-electron chi connectivity index (χ2n) is 6.21. The number of halogens is 6. The summed E-state index contributed by atoms with van der Waals surface area (Å²) in [6, 6.07) is 0.340. The Hall–Kier alpha value is -2.85. The van der Waals surface area contributed by atoms with Gasteiger partial charge in [0.2, 0.25) is 0 Å². The van der Waals surface area contributed by atoms with E-state index >= 15 is 0 Å². The number of rotatable bonds is 3. The molecule has 1 aromatic heterocycles. The van der Waals surface area contributed by atoms with Gasteiger partial charge in [0.1, 0.15) is 6.10 Å². The molecule has 1 amide bonds. The van der Waals surface area contributed by atoms with Crippen molar-refractivity contribution in [2.45, 2.75) is 38.0 Å². The highest BCUT2D eigenvalue weighted by molar-refractivity contribution is 5.71. The molecule has 0 saturated carbocycles. The number of alkyl halides is 6. The minimum absolute atomic E-state index is 0.0300. The predicted molar refractivity (Wildman–Crippen MR) is 82.7 cm³/mol. The zero-order valence-electron chi connectivity index (χ0n) is 14.3. The normalized spacial score (nSPS) is 20.4. The van der Waals surface area contributed by atoms with Crippen molar-refractivity contribution in [2.24, 2.45) is 0 Å². The van der Waals surface area contributed by atoms with Crippen molar-refractivity contribution in [3.05, 3.63) is 59.2 Å². The van der Waals surface area contributed by atoms with Crippen LogP contribution in [0.15, 0.2) is 36.8 Å². The van der Waals surface area contributed by atoms with Crippen molar-refractivity contribution in [1.29, 1.82) is 0 Å². The first kappa shape index (κ1) is 19.9. The fraction of sp³-hybridized carbons (Fsp3) is 0.353. The number of aromatic nitrogens is 2. The van der Waals surface area contributed by atoms with Gasteiger partial charge in [0.25, 0.3) is 0 Å². The summed E-state index contributed by atoms with van der Waals surface area (Å²) in [6.07, 6.45) is -7.94. The lowest BCUT2D eigenvalue weighted by Crippen LogP contribution is -2.31. The maximum Gasteiger partial charge on any atom is 0.416 e. The van der Waals surface area contributed by atoms with Gasteiger partial charge >= 0.3 is 18.4 Å². The van der Waals surface area contributed by atoms with Gasteiger partial charge in [-0.25, -0.2) is 4.79 Å². The van der Waals surface area contributed by atoms with E-state index < -0.39 is 41.7 Å². The summed E-state index contributed by atoms with van der Waals surface area (Å²) in [7, 11) is 0. The molecule has 150 valence electrons. The Morgan fingerprint density at radius 3 is 2.14 bits per heavy atom. The number of nitrogens with zero attached hydrogens (tertiary/aromatic N) is 3. The first-order chi connectivity index (χ1) is 13.0. The Morgan fingerprint density at radius 2 is 1.64 bits per heavy atom. The van der Waals surface area contributed by atoms with Crippen LogP contribution in [0, 0.1) is 0 Å². The SMILES string of the molecule is C[C@H]1[C@@H](c2cc(C(F)(F)F)cc(C(F)(F)F)c2)OC(=O)N1Cc1cnccn1. The molecule has 1 aliphatic heterocycles. The monoisotopic (exact) mass is 405 g/mol. The van der Waals surface area contributed by atoms with E-state index in [1.54, 1.807) is 0 Å². The second-order valence-corrected chi connectivity index (χ2v) is 6.21. The van der Waals surface area contributed by atoms with Crippen LogP contribution in [0.4, 0.5) is 31.1 Å². The van der Waals surface area contributed by atoms with Crippen LogP contribution in [0.5, 0.6) is 0 Å². The molecule has 0 N–H and O–H groups in total. The van der Waals surface area contributed by atoms with Gasteiger partial charge in [-0.15, -0.1) is 0 Å². The van der Waals surface area contributed by atoms with Crippen molar-refractivity contribution >= 4 is 6.09 Å². The van der Waals surface area contributed by atoms with Crippen LogP contribution in [0.3, 0.4) is 0 Å². The number of cyclic esters (lactones) is 1. The summed E-state index contributed by atoms with van der Waals surface area (Å²) in [6.45, 7) is 1.43. The van der Waals surface area contributed by atoms with Crippen molar-refractivity contribution in [2.75, 3.05) is 0 Å². The fourth-order valence-corrected chi connectivity index (χ4v) is 2.89. The molecule has 28 heavy (non-hydrogen) atoms. The molecule has 0 bridgehead atoms. The van der Waals surface area contributed by atoms with Crippen molar-refractivity contribution in [3.63, 3.8) is 0 Å². The third kappa shape index (κ3) is 4.02. The number of amides is 1. The largest absolute Gasteiger partial charge is 0.439 e. The molecule has 2 heterocycles. The van der Waals surface area contributed by atoms with E-state index in [0.29, 0.717) is 17.8 Å². The van der Waals surface area contributed by atoms with Crippen LogP contribution in [-0.2, 0) is 23.6 Å². The molecule has 1 saturated heterocycles. The third-order valence-corrected chi connectivity index (χ3v) is 4.28. The summed E-state index contributed by atoms with van der Waals surface area (Å²) >= 11 is 0. The fourth-order valence-electron chi connectivity index (χ4n) is 2.89. The highest BCUT2D eigenvalue weighted by atomic mass is 19.4. The molecule has 1 aromatic carbocycles. The second kappa shape index (κ2) is 6.95. The van der Waals surface area contributed by atoms with E-state index in [1.807, 2.05) is 0 Å². The van der Waals surface area contributed by atoms with E-state index in [-0.39, 0.29) is 18.2 Å². The molecule has 0 unspecified atom stereocenters. The summed E-state index contributed by atoms with van der Waals surface area (Å²) in [4.78, 5) is 21.1. The highest BCUT2D eigenvalue weighted by Gasteiger charge is 2.43. The molecule has 1 aliphatic rings. The highest BCUT2D eigenvalue weighted by Crippen LogP contribution is 2.40. The van der Waals surface area contributed by atoms with Gasteiger partial charge in [-0.3, -0.25) is 14.9 Å². The number of hydrogen-bond donors (Lipinski definition) is 0. The first-order valence-electron chi connectivity index (χ1n) is 7.98. The molecule has 2 atom stereocenters. The van der Waals surface area contributed by atoms with Gasteiger partial charge in [0.05, 0.1) is 35.6 Å². The Bertz CT molecular complexity index is 837.